The van der Waals surface area contributed by atoms with E-state index < -0.39 is 0 Å². The first-order valence-electron chi connectivity index (χ1n) is 6.02. The number of carbonyl (C=O) groups is 1. The predicted octanol–water partition coefficient (Wildman–Crippen LogP) is 3.55. The van der Waals surface area contributed by atoms with E-state index in [1.807, 2.05) is 5.38 Å². The summed E-state index contributed by atoms with van der Waals surface area (Å²) in [6, 6.07) is 3.37. The van der Waals surface area contributed by atoms with Crippen LogP contribution in [0.5, 0.6) is 11.5 Å². The predicted molar refractivity (Wildman–Crippen MR) is 82.0 cm³/mol. The van der Waals surface area contributed by atoms with Crippen LogP contribution < -0.4 is 9.47 Å². The fourth-order valence-corrected chi connectivity index (χ4v) is 3.12. The average molecular weight is 323 g/mol. The number of aromatic nitrogens is 2. The van der Waals surface area contributed by atoms with Gasteiger partial charge in [-0.1, -0.05) is 11.6 Å². The van der Waals surface area contributed by atoms with Crippen molar-refractivity contribution >= 4 is 34.2 Å². The molecule has 0 aliphatic carbocycles. The van der Waals surface area contributed by atoms with Crippen LogP contribution in [-0.2, 0) is 0 Å². The Hall–Kier alpha value is -2.05. The molecule has 21 heavy (non-hydrogen) atoms. The molecule has 0 atom stereocenters. The van der Waals surface area contributed by atoms with E-state index in [0.29, 0.717) is 33.5 Å². The zero-order valence-electron chi connectivity index (χ0n) is 11.3. The van der Waals surface area contributed by atoms with E-state index in [0.717, 1.165) is 11.2 Å². The summed E-state index contributed by atoms with van der Waals surface area (Å²) in [6.07, 6.45) is 2.58. The number of aldehydes is 1. The van der Waals surface area contributed by atoms with E-state index in [-0.39, 0.29) is 0 Å². The van der Waals surface area contributed by atoms with Crippen LogP contribution in [0.15, 0.2) is 23.7 Å². The molecule has 2 aromatic heterocycles. The Labute approximate surface area is 129 Å². The maximum absolute atomic E-state index is 11.4. The molecule has 5 nitrogen and oxygen atoms in total. The lowest BCUT2D eigenvalue weighted by molar-refractivity contribution is 0.111. The van der Waals surface area contributed by atoms with Gasteiger partial charge in [0.25, 0.3) is 0 Å². The Kier molecular flexibility index (Phi) is 3.57. The zero-order valence-corrected chi connectivity index (χ0v) is 12.9. The summed E-state index contributed by atoms with van der Waals surface area (Å²) in [7, 11) is 3.08. The lowest BCUT2D eigenvalue weighted by Gasteiger charge is -2.11. The Balaban J connectivity index is 2.29. The number of thiazole rings is 1. The minimum absolute atomic E-state index is 0.432. The van der Waals surface area contributed by atoms with E-state index in [1.165, 1.54) is 18.4 Å². The summed E-state index contributed by atoms with van der Waals surface area (Å²) in [5, 5.41) is 2.30. The van der Waals surface area contributed by atoms with Gasteiger partial charge in [-0.2, -0.15) is 0 Å². The molecule has 7 heteroatoms. The SMILES string of the molecule is COc1cc(OC)c(-c2nc3sccn3c2C=O)cc1Cl. The molecule has 2 heterocycles. The minimum Gasteiger partial charge on any atom is -0.496 e. The number of rotatable bonds is 4. The van der Waals surface area contributed by atoms with Crippen LogP contribution in [-0.4, -0.2) is 29.9 Å². The Morgan fingerprint density at radius 2 is 2.05 bits per heavy atom. The number of imidazole rings is 1. The first kappa shape index (κ1) is 13.9. The standard InChI is InChI=1S/C14H11ClN2O3S/c1-19-11-6-12(20-2)9(15)5-8(11)13-10(7-18)17-3-4-21-14(17)16-13/h3-7H,1-2H3. The van der Waals surface area contributed by atoms with Gasteiger partial charge < -0.3 is 9.47 Å². The van der Waals surface area contributed by atoms with Crippen molar-refractivity contribution in [1.82, 2.24) is 9.38 Å². The fraction of sp³-hybridized carbons (Fsp3) is 0.143. The molecule has 0 fully saturated rings. The van der Waals surface area contributed by atoms with Gasteiger partial charge in [0, 0.05) is 23.2 Å². The van der Waals surface area contributed by atoms with Crippen LogP contribution in [0.4, 0.5) is 0 Å². The highest BCUT2D eigenvalue weighted by Crippen LogP contribution is 2.39. The molecule has 3 rings (SSSR count). The second kappa shape index (κ2) is 5.38. The Morgan fingerprint density at radius 1 is 1.29 bits per heavy atom. The molecule has 0 radical (unpaired) electrons. The highest BCUT2D eigenvalue weighted by molar-refractivity contribution is 7.15. The van der Waals surface area contributed by atoms with Gasteiger partial charge >= 0.3 is 0 Å². The summed E-state index contributed by atoms with van der Waals surface area (Å²) in [5.41, 5.74) is 1.66. The van der Waals surface area contributed by atoms with Crippen molar-refractivity contribution in [2.75, 3.05) is 14.2 Å². The summed E-state index contributed by atoms with van der Waals surface area (Å²) < 4.78 is 12.3. The number of nitrogens with zero attached hydrogens (tertiary/aromatic N) is 2. The van der Waals surface area contributed by atoms with Gasteiger partial charge in [0.15, 0.2) is 11.2 Å². The topological polar surface area (TPSA) is 52.8 Å². The molecule has 0 amide bonds. The van der Waals surface area contributed by atoms with E-state index in [4.69, 9.17) is 21.1 Å². The van der Waals surface area contributed by atoms with Crippen molar-refractivity contribution in [3.63, 3.8) is 0 Å². The summed E-state index contributed by atoms with van der Waals surface area (Å²) in [5.74, 6) is 1.05. The van der Waals surface area contributed by atoms with Gasteiger partial charge in [0.1, 0.15) is 22.9 Å². The van der Waals surface area contributed by atoms with Gasteiger partial charge in [-0.3, -0.25) is 9.20 Å². The summed E-state index contributed by atoms with van der Waals surface area (Å²) in [4.78, 5) is 16.7. The van der Waals surface area contributed by atoms with Crippen LogP contribution in [0.3, 0.4) is 0 Å². The molecule has 0 spiro atoms. The van der Waals surface area contributed by atoms with Crippen LogP contribution >= 0.6 is 22.9 Å². The van der Waals surface area contributed by atoms with Gasteiger partial charge in [0.05, 0.1) is 19.2 Å². The third kappa shape index (κ3) is 2.16. The lowest BCUT2D eigenvalue weighted by Crippen LogP contribution is -1.95. The number of methoxy groups -OCH3 is 2. The monoisotopic (exact) mass is 322 g/mol. The number of hydrogen-bond acceptors (Lipinski definition) is 5. The normalized spacial score (nSPS) is 10.8. The third-order valence-electron chi connectivity index (χ3n) is 3.14. The van der Waals surface area contributed by atoms with Crippen molar-refractivity contribution in [2.24, 2.45) is 0 Å². The molecule has 0 aliphatic heterocycles. The van der Waals surface area contributed by atoms with E-state index in [2.05, 4.69) is 4.98 Å². The first-order valence-corrected chi connectivity index (χ1v) is 7.28. The van der Waals surface area contributed by atoms with Gasteiger partial charge in [-0.15, -0.1) is 11.3 Å². The minimum atomic E-state index is 0.432. The van der Waals surface area contributed by atoms with Crippen LogP contribution in [0.1, 0.15) is 10.5 Å². The van der Waals surface area contributed by atoms with E-state index in [1.54, 1.807) is 29.8 Å². The molecule has 0 N–H and O–H groups in total. The smallest absolute Gasteiger partial charge is 0.194 e. The molecular formula is C14H11ClN2O3S. The molecule has 108 valence electrons. The molecule has 0 bridgehead atoms. The number of halogens is 1. The van der Waals surface area contributed by atoms with Crippen LogP contribution in [0, 0.1) is 0 Å². The maximum atomic E-state index is 11.4. The molecule has 0 unspecified atom stereocenters. The number of carbonyl (C=O) groups excluding carboxylic acids is 1. The van der Waals surface area contributed by atoms with Crippen molar-refractivity contribution in [2.45, 2.75) is 0 Å². The number of fused-ring (bicyclic) bond motifs is 1. The Bertz CT molecular complexity index is 825. The van der Waals surface area contributed by atoms with Crippen molar-refractivity contribution in [1.29, 1.82) is 0 Å². The second-order valence-electron chi connectivity index (χ2n) is 4.21. The fourth-order valence-electron chi connectivity index (χ4n) is 2.16. The second-order valence-corrected chi connectivity index (χ2v) is 5.49. The van der Waals surface area contributed by atoms with Crippen LogP contribution in [0.25, 0.3) is 16.2 Å². The molecule has 0 saturated heterocycles. The average Bonchev–Trinajstić information content (AvgIpc) is 3.07. The molecule has 0 saturated carbocycles. The largest absolute Gasteiger partial charge is 0.496 e. The van der Waals surface area contributed by atoms with Crippen LogP contribution in [0.2, 0.25) is 5.02 Å². The number of ether oxygens (including phenoxy) is 2. The highest BCUT2D eigenvalue weighted by atomic mass is 35.5. The molecular weight excluding hydrogens is 312 g/mol. The zero-order chi connectivity index (χ0) is 15.0. The summed E-state index contributed by atoms with van der Waals surface area (Å²) in [6.45, 7) is 0. The Morgan fingerprint density at radius 3 is 2.71 bits per heavy atom. The molecule has 1 aromatic carbocycles. The summed E-state index contributed by atoms with van der Waals surface area (Å²) >= 11 is 7.63. The maximum Gasteiger partial charge on any atom is 0.194 e. The van der Waals surface area contributed by atoms with E-state index in [9.17, 15) is 4.79 Å². The van der Waals surface area contributed by atoms with Crippen molar-refractivity contribution < 1.29 is 14.3 Å². The molecule has 3 aromatic rings. The van der Waals surface area contributed by atoms with Crippen molar-refractivity contribution in [3.05, 3.63) is 34.4 Å². The first-order chi connectivity index (χ1) is 10.2. The molecule has 0 aliphatic rings. The highest BCUT2D eigenvalue weighted by Gasteiger charge is 2.19. The van der Waals surface area contributed by atoms with Crippen molar-refractivity contribution in [3.8, 4) is 22.8 Å². The van der Waals surface area contributed by atoms with Gasteiger partial charge in [-0.25, -0.2) is 4.98 Å². The van der Waals surface area contributed by atoms with Gasteiger partial charge in [-0.05, 0) is 6.07 Å². The lowest BCUT2D eigenvalue weighted by atomic mass is 10.1. The number of hydrogen-bond donors (Lipinski definition) is 0. The van der Waals surface area contributed by atoms with Gasteiger partial charge in [0.2, 0.25) is 0 Å². The third-order valence-corrected chi connectivity index (χ3v) is 4.19. The quantitative estimate of drug-likeness (QED) is 0.689. The number of benzene rings is 1. The van der Waals surface area contributed by atoms with E-state index >= 15 is 0 Å².